The maximum atomic E-state index is 10.2. The molecule has 19 heavy (non-hydrogen) atoms. The van der Waals surface area contributed by atoms with Gasteiger partial charge in [-0.3, -0.25) is 0 Å². The van der Waals surface area contributed by atoms with Gasteiger partial charge in [-0.05, 0) is 5.39 Å². The first kappa shape index (κ1) is 11.7. The molecule has 1 N–H and O–H groups in total. The second kappa shape index (κ2) is 3.74. The summed E-state index contributed by atoms with van der Waals surface area (Å²) in [6.07, 6.45) is 0. The molecule has 2 aliphatic rings. The number of anilines is 1. The molecule has 2 heterocycles. The van der Waals surface area contributed by atoms with Gasteiger partial charge in [0.25, 0.3) is 0 Å². The van der Waals surface area contributed by atoms with Gasteiger partial charge >= 0.3 is 0 Å². The zero-order valence-electron chi connectivity index (χ0n) is 10.6. The molecule has 98 valence electrons. The minimum absolute atomic E-state index is 0.0523. The minimum Gasteiger partial charge on any atom is -0.507 e. The lowest BCUT2D eigenvalue weighted by Crippen LogP contribution is -2.34. The Hall–Kier alpha value is -1.06. The topological polar surface area (TPSA) is 23.5 Å². The van der Waals surface area contributed by atoms with Crippen LogP contribution in [0.1, 0.15) is 5.56 Å². The quantitative estimate of drug-likeness (QED) is 0.642. The molecule has 2 nitrogen and oxygen atoms in total. The lowest BCUT2D eigenvalue weighted by atomic mass is 9.87. The molecule has 0 saturated carbocycles. The van der Waals surface area contributed by atoms with Gasteiger partial charge in [-0.15, -0.1) is 23.4 Å². The zero-order valence-corrected chi connectivity index (χ0v) is 12.1. The van der Waals surface area contributed by atoms with E-state index in [2.05, 4.69) is 18.0 Å². The number of fused-ring (bicyclic) bond motifs is 5. The standard InChI is InChI=1S/C15H14ClNOS/c1-17-7-13-15(8-16,19-13)14-10-5-3-2-4-9(10)12(18)6-11(14)17/h2-6,13,18H,7-8H2,1H3. The van der Waals surface area contributed by atoms with E-state index in [-0.39, 0.29) is 4.75 Å². The van der Waals surface area contributed by atoms with Crippen molar-refractivity contribution in [1.82, 2.24) is 0 Å². The molecule has 0 aromatic heterocycles. The van der Waals surface area contributed by atoms with Crippen molar-refractivity contribution in [3.05, 3.63) is 35.9 Å². The van der Waals surface area contributed by atoms with Crippen molar-refractivity contribution in [2.24, 2.45) is 0 Å². The van der Waals surface area contributed by atoms with Crippen molar-refractivity contribution in [2.75, 3.05) is 24.4 Å². The van der Waals surface area contributed by atoms with Gasteiger partial charge in [0.05, 0.1) is 4.75 Å². The smallest absolute Gasteiger partial charge is 0.125 e. The summed E-state index contributed by atoms with van der Waals surface area (Å²) >= 11 is 8.24. The SMILES string of the molecule is CN1CC2SC2(CCl)c2c1cc(O)c1ccccc21. The summed E-state index contributed by atoms with van der Waals surface area (Å²) < 4.78 is 0.0523. The Morgan fingerprint density at radius 3 is 2.89 bits per heavy atom. The van der Waals surface area contributed by atoms with Gasteiger partial charge in [-0.2, -0.15) is 0 Å². The number of thioether (sulfide) groups is 1. The fourth-order valence-corrected chi connectivity index (χ4v) is 5.25. The van der Waals surface area contributed by atoms with E-state index in [9.17, 15) is 5.11 Å². The monoisotopic (exact) mass is 291 g/mol. The highest BCUT2D eigenvalue weighted by atomic mass is 35.5. The molecular formula is C15H14ClNOS. The second-order valence-electron chi connectivity index (χ2n) is 5.35. The van der Waals surface area contributed by atoms with Gasteiger partial charge in [0.15, 0.2) is 0 Å². The van der Waals surface area contributed by atoms with Crippen LogP contribution in [0.5, 0.6) is 5.75 Å². The minimum atomic E-state index is 0.0523. The Morgan fingerprint density at radius 1 is 1.42 bits per heavy atom. The molecule has 2 aromatic rings. The van der Waals surface area contributed by atoms with Crippen molar-refractivity contribution < 1.29 is 5.11 Å². The molecule has 0 bridgehead atoms. The summed E-state index contributed by atoms with van der Waals surface area (Å²) in [5.41, 5.74) is 2.43. The molecule has 0 amide bonds. The fourth-order valence-electron chi connectivity index (χ4n) is 3.24. The first-order valence-electron chi connectivity index (χ1n) is 6.37. The molecule has 0 radical (unpaired) electrons. The number of aromatic hydroxyl groups is 1. The highest BCUT2D eigenvalue weighted by Gasteiger charge is 2.60. The fraction of sp³-hybridized carbons (Fsp3) is 0.333. The van der Waals surface area contributed by atoms with Crippen LogP contribution in [0.3, 0.4) is 0 Å². The summed E-state index contributed by atoms with van der Waals surface area (Å²) in [5, 5.41) is 12.9. The van der Waals surface area contributed by atoms with Crippen LogP contribution in [0, 0.1) is 0 Å². The van der Waals surface area contributed by atoms with E-state index in [1.54, 1.807) is 0 Å². The van der Waals surface area contributed by atoms with E-state index < -0.39 is 0 Å². The Kier molecular flexibility index (Phi) is 2.31. The molecular weight excluding hydrogens is 278 g/mol. The molecule has 1 saturated heterocycles. The van der Waals surface area contributed by atoms with E-state index in [1.807, 2.05) is 36.0 Å². The van der Waals surface area contributed by atoms with Crippen molar-refractivity contribution >= 4 is 39.8 Å². The molecule has 2 atom stereocenters. The van der Waals surface area contributed by atoms with Crippen LogP contribution in [0.2, 0.25) is 0 Å². The van der Waals surface area contributed by atoms with E-state index in [0.29, 0.717) is 16.9 Å². The first-order valence-corrected chi connectivity index (χ1v) is 7.79. The van der Waals surface area contributed by atoms with E-state index in [4.69, 9.17) is 11.6 Å². The predicted molar refractivity (Wildman–Crippen MR) is 82.7 cm³/mol. The second-order valence-corrected chi connectivity index (χ2v) is 7.15. The Bertz CT molecular complexity index is 689. The zero-order chi connectivity index (χ0) is 13.2. The van der Waals surface area contributed by atoms with Crippen LogP contribution < -0.4 is 4.90 Å². The largest absolute Gasteiger partial charge is 0.507 e. The number of phenols is 1. The molecule has 0 aliphatic carbocycles. The van der Waals surface area contributed by atoms with Crippen LogP contribution >= 0.6 is 23.4 Å². The summed E-state index contributed by atoms with van der Waals surface area (Å²) in [7, 11) is 2.09. The number of phenolic OH excluding ortho intramolecular Hbond substituents is 1. The van der Waals surface area contributed by atoms with Crippen LogP contribution in [0.15, 0.2) is 30.3 Å². The van der Waals surface area contributed by atoms with Gasteiger partial charge < -0.3 is 10.0 Å². The van der Waals surface area contributed by atoms with Crippen molar-refractivity contribution in [3.8, 4) is 5.75 Å². The van der Waals surface area contributed by atoms with Crippen LogP contribution in [-0.4, -0.2) is 29.8 Å². The number of nitrogens with zero attached hydrogens (tertiary/aromatic N) is 1. The summed E-state index contributed by atoms with van der Waals surface area (Å²) in [6, 6.07) is 9.95. The van der Waals surface area contributed by atoms with Gasteiger partial charge in [-0.25, -0.2) is 0 Å². The number of alkyl halides is 1. The summed E-state index contributed by atoms with van der Waals surface area (Å²) in [4.78, 5) is 2.23. The Labute approximate surface area is 121 Å². The molecule has 0 spiro atoms. The first-order chi connectivity index (χ1) is 9.17. The normalized spacial score (nSPS) is 28.1. The number of hydrogen-bond donors (Lipinski definition) is 1. The molecule has 2 aliphatic heterocycles. The van der Waals surface area contributed by atoms with Gasteiger partial charge in [0.2, 0.25) is 0 Å². The van der Waals surface area contributed by atoms with Crippen molar-refractivity contribution in [3.63, 3.8) is 0 Å². The molecule has 4 rings (SSSR count). The van der Waals surface area contributed by atoms with Gasteiger partial charge in [0, 0.05) is 47.4 Å². The third-order valence-electron chi connectivity index (χ3n) is 4.29. The summed E-state index contributed by atoms with van der Waals surface area (Å²) in [5.74, 6) is 0.993. The molecule has 2 aromatic carbocycles. The van der Waals surface area contributed by atoms with Crippen molar-refractivity contribution in [1.29, 1.82) is 0 Å². The molecule has 2 unspecified atom stereocenters. The third kappa shape index (κ3) is 1.40. The highest BCUT2D eigenvalue weighted by molar-refractivity contribution is 8.08. The maximum absolute atomic E-state index is 10.2. The third-order valence-corrected chi connectivity index (χ3v) is 6.51. The van der Waals surface area contributed by atoms with Gasteiger partial charge in [-0.1, -0.05) is 24.3 Å². The molecule has 4 heteroatoms. The van der Waals surface area contributed by atoms with Crippen LogP contribution in [0.4, 0.5) is 5.69 Å². The lowest BCUT2D eigenvalue weighted by molar-refractivity contribution is 0.481. The number of halogens is 1. The van der Waals surface area contributed by atoms with Crippen LogP contribution in [0.25, 0.3) is 10.8 Å². The van der Waals surface area contributed by atoms with Gasteiger partial charge in [0.1, 0.15) is 5.75 Å². The maximum Gasteiger partial charge on any atom is 0.125 e. The Balaban J connectivity index is 2.12. The average molecular weight is 292 g/mol. The molecule has 1 fully saturated rings. The number of benzene rings is 2. The highest BCUT2D eigenvalue weighted by Crippen LogP contribution is 2.67. The van der Waals surface area contributed by atoms with E-state index >= 15 is 0 Å². The summed E-state index contributed by atoms with van der Waals surface area (Å²) in [6.45, 7) is 1.00. The lowest BCUT2D eigenvalue weighted by Gasteiger charge is -2.32. The van der Waals surface area contributed by atoms with E-state index in [0.717, 1.165) is 23.0 Å². The number of rotatable bonds is 1. The van der Waals surface area contributed by atoms with Crippen molar-refractivity contribution in [2.45, 2.75) is 10.00 Å². The number of hydrogen-bond acceptors (Lipinski definition) is 3. The average Bonchev–Trinajstić information content (AvgIpc) is 3.13. The van der Waals surface area contributed by atoms with E-state index in [1.165, 1.54) is 5.56 Å². The Morgan fingerprint density at radius 2 is 2.16 bits per heavy atom. The predicted octanol–water partition coefficient (Wildman–Crippen LogP) is 3.54. The van der Waals surface area contributed by atoms with Crippen LogP contribution in [-0.2, 0) is 4.75 Å².